The van der Waals surface area contributed by atoms with Gasteiger partial charge in [0.05, 0.1) is 12.6 Å². The van der Waals surface area contributed by atoms with Gasteiger partial charge in [0.1, 0.15) is 0 Å². The molecule has 1 rings (SSSR count). The maximum atomic E-state index is 12.3. The highest BCUT2D eigenvalue weighted by Gasteiger charge is 2.26. The lowest BCUT2D eigenvalue weighted by molar-refractivity contribution is -0.133. The molecule has 136 valence electrons. The molecule has 2 amide bonds. The van der Waals surface area contributed by atoms with E-state index in [2.05, 4.69) is 4.90 Å². The van der Waals surface area contributed by atoms with Crippen LogP contribution in [0.1, 0.15) is 34.1 Å². The Balaban J connectivity index is 0.00000484. The van der Waals surface area contributed by atoms with E-state index < -0.39 is 6.04 Å². The van der Waals surface area contributed by atoms with Crippen molar-refractivity contribution in [1.82, 2.24) is 14.7 Å². The van der Waals surface area contributed by atoms with Crippen LogP contribution in [0.25, 0.3) is 0 Å². The van der Waals surface area contributed by atoms with E-state index in [9.17, 15) is 9.59 Å². The van der Waals surface area contributed by atoms with Gasteiger partial charge in [-0.2, -0.15) is 0 Å². The highest BCUT2D eigenvalue weighted by molar-refractivity contribution is 5.85. The van der Waals surface area contributed by atoms with Crippen LogP contribution < -0.4 is 5.73 Å². The largest absolute Gasteiger partial charge is 0.342 e. The molecule has 1 saturated heterocycles. The third-order valence-electron chi connectivity index (χ3n) is 4.38. The molecule has 0 radical (unpaired) electrons. The minimum absolute atomic E-state index is 0. The third-order valence-corrected chi connectivity index (χ3v) is 4.38. The number of nitrogens with two attached hydrogens (primary N) is 1. The molecule has 0 aromatic carbocycles. The molecule has 0 aromatic heterocycles. The van der Waals surface area contributed by atoms with Crippen molar-refractivity contribution in [3.8, 4) is 0 Å². The number of likely N-dealkylation sites (N-methyl/N-ethyl adjacent to an activating group) is 1. The van der Waals surface area contributed by atoms with Crippen molar-refractivity contribution in [2.45, 2.75) is 40.2 Å². The Morgan fingerprint density at radius 2 is 1.70 bits per heavy atom. The summed E-state index contributed by atoms with van der Waals surface area (Å²) in [7, 11) is 0. The van der Waals surface area contributed by atoms with Crippen LogP contribution in [-0.4, -0.2) is 78.4 Å². The summed E-state index contributed by atoms with van der Waals surface area (Å²) in [6.45, 7) is 12.9. The van der Waals surface area contributed by atoms with Gasteiger partial charge in [-0.1, -0.05) is 13.8 Å². The zero-order valence-corrected chi connectivity index (χ0v) is 15.8. The van der Waals surface area contributed by atoms with E-state index in [4.69, 9.17) is 5.73 Å². The maximum Gasteiger partial charge on any atom is 0.239 e. The number of hydrogen-bond acceptors (Lipinski definition) is 4. The summed E-state index contributed by atoms with van der Waals surface area (Å²) >= 11 is 0. The topological polar surface area (TPSA) is 69.9 Å². The molecule has 1 fully saturated rings. The van der Waals surface area contributed by atoms with Crippen LogP contribution in [-0.2, 0) is 9.59 Å². The maximum absolute atomic E-state index is 12.3. The average molecular weight is 349 g/mol. The predicted octanol–water partition coefficient (Wildman–Crippen LogP) is 0.794. The zero-order valence-electron chi connectivity index (χ0n) is 15.0. The van der Waals surface area contributed by atoms with Gasteiger partial charge < -0.3 is 15.5 Å². The molecular weight excluding hydrogens is 316 g/mol. The molecule has 0 spiro atoms. The molecular formula is C16H33ClN4O2. The van der Waals surface area contributed by atoms with Gasteiger partial charge >= 0.3 is 0 Å². The molecule has 1 heterocycles. The fourth-order valence-corrected chi connectivity index (χ4v) is 2.71. The van der Waals surface area contributed by atoms with Crippen LogP contribution in [0.3, 0.4) is 0 Å². The van der Waals surface area contributed by atoms with E-state index in [0.717, 1.165) is 39.1 Å². The Hall–Kier alpha value is -0.850. The van der Waals surface area contributed by atoms with E-state index in [1.54, 1.807) is 0 Å². The Morgan fingerprint density at radius 3 is 2.22 bits per heavy atom. The standard InChI is InChI=1S/C16H32N4O2.ClH/c1-5-19(6-2)14(21)12-18-8-7-9-20(11-10-18)16(22)15(17)13(3)4;/h13,15H,5-12,17H2,1-4H3;1H/t15-;/m0./s1. The highest BCUT2D eigenvalue weighted by atomic mass is 35.5. The summed E-state index contributed by atoms with van der Waals surface area (Å²) in [4.78, 5) is 30.4. The Kier molecular flexibility index (Phi) is 10.4. The van der Waals surface area contributed by atoms with Gasteiger partial charge in [0.15, 0.2) is 0 Å². The smallest absolute Gasteiger partial charge is 0.239 e. The number of amides is 2. The van der Waals surface area contributed by atoms with Gasteiger partial charge in [-0.25, -0.2) is 0 Å². The number of rotatable bonds is 6. The fourth-order valence-electron chi connectivity index (χ4n) is 2.71. The van der Waals surface area contributed by atoms with E-state index in [-0.39, 0.29) is 30.1 Å². The van der Waals surface area contributed by atoms with Crippen LogP contribution in [0.4, 0.5) is 0 Å². The lowest BCUT2D eigenvalue weighted by atomic mass is 10.0. The van der Waals surface area contributed by atoms with Gasteiger partial charge in [-0.05, 0) is 26.2 Å². The van der Waals surface area contributed by atoms with Crippen LogP contribution in [0.2, 0.25) is 0 Å². The first kappa shape index (κ1) is 22.1. The minimum atomic E-state index is -0.427. The first-order valence-electron chi connectivity index (χ1n) is 8.45. The van der Waals surface area contributed by atoms with Crippen LogP contribution in [0.5, 0.6) is 0 Å². The number of hydrogen-bond donors (Lipinski definition) is 1. The fraction of sp³-hybridized carbons (Fsp3) is 0.875. The normalized spacial score (nSPS) is 17.4. The molecule has 0 saturated carbocycles. The summed E-state index contributed by atoms with van der Waals surface area (Å²) in [6.07, 6.45) is 0.891. The van der Waals surface area contributed by atoms with Gasteiger partial charge in [0, 0.05) is 39.3 Å². The molecule has 6 nitrogen and oxygen atoms in total. The second kappa shape index (κ2) is 10.8. The lowest BCUT2D eigenvalue weighted by Gasteiger charge is -2.27. The van der Waals surface area contributed by atoms with E-state index in [0.29, 0.717) is 13.1 Å². The molecule has 1 aliphatic heterocycles. The predicted molar refractivity (Wildman–Crippen MR) is 95.6 cm³/mol. The monoisotopic (exact) mass is 348 g/mol. The molecule has 0 unspecified atom stereocenters. The Morgan fingerprint density at radius 1 is 1.09 bits per heavy atom. The number of carbonyl (C=O) groups excluding carboxylic acids is 2. The second-order valence-corrected chi connectivity index (χ2v) is 6.29. The van der Waals surface area contributed by atoms with Gasteiger partial charge in [0.25, 0.3) is 0 Å². The van der Waals surface area contributed by atoms with Crippen LogP contribution in [0.15, 0.2) is 0 Å². The van der Waals surface area contributed by atoms with Crippen molar-refractivity contribution in [3.05, 3.63) is 0 Å². The van der Waals surface area contributed by atoms with Crippen molar-refractivity contribution >= 4 is 24.2 Å². The van der Waals surface area contributed by atoms with Crippen LogP contribution >= 0.6 is 12.4 Å². The summed E-state index contributed by atoms with van der Waals surface area (Å²) in [5.74, 6) is 0.353. The number of carbonyl (C=O) groups is 2. The molecule has 23 heavy (non-hydrogen) atoms. The van der Waals surface area contributed by atoms with E-state index >= 15 is 0 Å². The lowest BCUT2D eigenvalue weighted by Crippen LogP contribution is -2.48. The Labute approximate surface area is 146 Å². The SMILES string of the molecule is CCN(CC)C(=O)CN1CCCN(C(=O)[C@@H](N)C(C)C)CC1.Cl. The average Bonchev–Trinajstić information content (AvgIpc) is 2.72. The molecule has 1 aliphatic rings. The molecule has 7 heteroatoms. The van der Waals surface area contributed by atoms with Crippen molar-refractivity contribution in [1.29, 1.82) is 0 Å². The quantitative estimate of drug-likeness (QED) is 0.770. The first-order valence-corrected chi connectivity index (χ1v) is 8.45. The Bertz CT molecular complexity index is 375. The minimum Gasteiger partial charge on any atom is -0.342 e. The van der Waals surface area contributed by atoms with Gasteiger partial charge in [-0.3, -0.25) is 14.5 Å². The summed E-state index contributed by atoms with van der Waals surface area (Å²) in [5, 5.41) is 0. The number of halogens is 1. The molecule has 0 aliphatic carbocycles. The van der Waals surface area contributed by atoms with Crippen molar-refractivity contribution in [2.24, 2.45) is 11.7 Å². The summed E-state index contributed by atoms with van der Waals surface area (Å²) in [6, 6.07) is -0.427. The van der Waals surface area contributed by atoms with Crippen molar-refractivity contribution in [3.63, 3.8) is 0 Å². The van der Waals surface area contributed by atoms with E-state index in [1.165, 1.54) is 0 Å². The van der Waals surface area contributed by atoms with Crippen LogP contribution in [0, 0.1) is 5.92 Å². The summed E-state index contributed by atoms with van der Waals surface area (Å²) < 4.78 is 0. The molecule has 2 N–H and O–H groups in total. The summed E-state index contributed by atoms with van der Waals surface area (Å²) in [5.41, 5.74) is 5.97. The molecule has 0 bridgehead atoms. The van der Waals surface area contributed by atoms with Gasteiger partial charge in [-0.15, -0.1) is 12.4 Å². The zero-order chi connectivity index (χ0) is 16.7. The van der Waals surface area contributed by atoms with Crippen molar-refractivity contribution < 1.29 is 9.59 Å². The number of nitrogens with zero attached hydrogens (tertiary/aromatic N) is 3. The molecule has 1 atom stereocenters. The molecule has 0 aromatic rings. The van der Waals surface area contributed by atoms with E-state index in [1.807, 2.05) is 37.5 Å². The van der Waals surface area contributed by atoms with Crippen molar-refractivity contribution in [2.75, 3.05) is 45.8 Å². The van der Waals surface area contributed by atoms with Gasteiger partial charge in [0.2, 0.25) is 11.8 Å². The third kappa shape index (κ3) is 6.65. The first-order chi connectivity index (χ1) is 10.4. The second-order valence-electron chi connectivity index (χ2n) is 6.29. The highest BCUT2D eigenvalue weighted by Crippen LogP contribution is 2.08.